The summed E-state index contributed by atoms with van der Waals surface area (Å²) in [5.41, 5.74) is 1.30. The first-order valence-electron chi connectivity index (χ1n) is 11.1. The van der Waals surface area contributed by atoms with Gasteiger partial charge in [0, 0.05) is 57.5 Å². The summed E-state index contributed by atoms with van der Waals surface area (Å²) in [5, 5.41) is 3.09. The number of nitrogens with one attached hydrogen (secondary N) is 1. The van der Waals surface area contributed by atoms with Gasteiger partial charge in [-0.1, -0.05) is 0 Å². The number of anilines is 1. The minimum atomic E-state index is 0.0118. The first kappa shape index (κ1) is 20.4. The molecule has 1 saturated carbocycles. The van der Waals surface area contributed by atoms with E-state index < -0.39 is 0 Å². The first-order chi connectivity index (χ1) is 14.2. The number of rotatable bonds is 7. The lowest BCUT2D eigenvalue weighted by molar-refractivity contribution is -0.125. The highest BCUT2D eigenvalue weighted by molar-refractivity contribution is 5.77. The number of aromatic nitrogens is 1. The summed E-state index contributed by atoms with van der Waals surface area (Å²) in [6.45, 7) is 6.35. The number of hydrogen-bond donors (Lipinski definition) is 1. The SMILES string of the molecule is COCC(=O)N[C@H]1CC[C@H](CCN2CCN(c3nccc4c3OCC4)CC2)CC1. The predicted molar refractivity (Wildman–Crippen MR) is 112 cm³/mol. The Kier molecular flexibility index (Phi) is 6.87. The number of nitrogens with zero attached hydrogens (tertiary/aromatic N) is 3. The number of methoxy groups -OCH3 is 1. The lowest BCUT2D eigenvalue weighted by atomic mass is 9.84. The van der Waals surface area contributed by atoms with E-state index in [-0.39, 0.29) is 12.5 Å². The fourth-order valence-corrected chi connectivity index (χ4v) is 4.86. The Morgan fingerprint density at radius 2 is 2.03 bits per heavy atom. The van der Waals surface area contributed by atoms with Crippen LogP contribution in [-0.2, 0) is 16.0 Å². The second-order valence-electron chi connectivity index (χ2n) is 8.56. The Morgan fingerprint density at radius 3 is 2.79 bits per heavy atom. The third kappa shape index (κ3) is 5.20. The van der Waals surface area contributed by atoms with Crippen molar-refractivity contribution in [1.29, 1.82) is 0 Å². The molecule has 3 heterocycles. The molecule has 7 heteroatoms. The Hall–Kier alpha value is -1.86. The molecule has 7 nitrogen and oxygen atoms in total. The van der Waals surface area contributed by atoms with Gasteiger partial charge >= 0.3 is 0 Å². The second-order valence-corrected chi connectivity index (χ2v) is 8.56. The summed E-state index contributed by atoms with van der Waals surface area (Å²) in [6.07, 6.45) is 8.81. The number of ether oxygens (including phenoxy) is 2. The van der Waals surface area contributed by atoms with E-state index in [1.165, 1.54) is 31.4 Å². The van der Waals surface area contributed by atoms with Crippen LogP contribution in [0.15, 0.2) is 12.3 Å². The number of carbonyl (C=O) groups is 1. The van der Waals surface area contributed by atoms with Gasteiger partial charge in [0.05, 0.1) is 6.61 Å². The van der Waals surface area contributed by atoms with E-state index in [4.69, 9.17) is 9.47 Å². The Balaban J connectivity index is 1.16. The maximum atomic E-state index is 11.7. The van der Waals surface area contributed by atoms with Crippen molar-refractivity contribution in [2.75, 3.05) is 57.9 Å². The van der Waals surface area contributed by atoms with Crippen LogP contribution in [0, 0.1) is 5.92 Å². The highest BCUT2D eigenvalue weighted by Gasteiger charge is 2.26. The number of piperazine rings is 1. The third-order valence-corrected chi connectivity index (χ3v) is 6.60. The third-order valence-electron chi connectivity index (χ3n) is 6.60. The van der Waals surface area contributed by atoms with Crippen LogP contribution in [0.1, 0.15) is 37.7 Å². The summed E-state index contributed by atoms with van der Waals surface area (Å²) in [7, 11) is 1.56. The zero-order valence-corrected chi connectivity index (χ0v) is 17.6. The van der Waals surface area contributed by atoms with Gasteiger partial charge in [0.15, 0.2) is 11.6 Å². The van der Waals surface area contributed by atoms with Crippen LogP contribution in [0.2, 0.25) is 0 Å². The summed E-state index contributed by atoms with van der Waals surface area (Å²) < 4.78 is 10.7. The molecule has 1 amide bonds. The molecule has 2 aliphatic heterocycles. The number of amides is 1. The van der Waals surface area contributed by atoms with Crippen LogP contribution in [-0.4, -0.2) is 74.9 Å². The van der Waals surface area contributed by atoms with Gasteiger partial charge in [-0.3, -0.25) is 9.69 Å². The van der Waals surface area contributed by atoms with E-state index in [1.54, 1.807) is 7.11 Å². The smallest absolute Gasteiger partial charge is 0.246 e. The average Bonchev–Trinajstić information content (AvgIpc) is 3.23. The first-order valence-corrected chi connectivity index (χ1v) is 11.1. The summed E-state index contributed by atoms with van der Waals surface area (Å²) in [5.74, 6) is 2.85. The zero-order valence-electron chi connectivity index (χ0n) is 17.6. The van der Waals surface area contributed by atoms with Gasteiger partial charge < -0.3 is 19.7 Å². The van der Waals surface area contributed by atoms with Crippen LogP contribution in [0.4, 0.5) is 5.82 Å². The van der Waals surface area contributed by atoms with Crippen LogP contribution in [0.3, 0.4) is 0 Å². The van der Waals surface area contributed by atoms with Crippen molar-refractivity contribution >= 4 is 11.7 Å². The summed E-state index contributed by atoms with van der Waals surface area (Å²) >= 11 is 0. The lowest BCUT2D eigenvalue weighted by Crippen LogP contribution is -2.47. The number of pyridine rings is 1. The van der Waals surface area contributed by atoms with Gasteiger partial charge in [0.2, 0.25) is 5.91 Å². The summed E-state index contributed by atoms with van der Waals surface area (Å²) in [4.78, 5) is 21.2. The predicted octanol–water partition coefficient (Wildman–Crippen LogP) is 1.85. The molecule has 3 aliphatic rings. The Bertz CT molecular complexity index is 683. The minimum Gasteiger partial charge on any atom is -0.489 e. The molecule has 29 heavy (non-hydrogen) atoms. The van der Waals surface area contributed by atoms with Crippen LogP contribution >= 0.6 is 0 Å². The monoisotopic (exact) mass is 402 g/mol. The van der Waals surface area contributed by atoms with Gasteiger partial charge in [-0.15, -0.1) is 0 Å². The van der Waals surface area contributed by atoms with Crippen LogP contribution in [0.5, 0.6) is 5.75 Å². The molecule has 1 aliphatic carbocycles. The van der Waals surface area contributed by atoms with Crippen molar-refractivity contribution in [2.24, 2.45) is 5.92 Å². The molecule has 0 spiro atoms. The minimum absolute atomic E-state index is 0.0118. The number of hydrogen-bond acceptors (Lipinski definition) is 6. The van der Waals surface area contributed by atoms with Gasteiger partial charge in [-0.05, 0) is 50.6 Å². The van der Waals surface area contributed by atoms with Crippen molar-refractivity contribution < 1.29 is 14.3 Å². The van der Waals surface area contributed by atoms with E-state index in [0.29, 0.717) is 6.04 Å². The lowest BCUT2D eigenvalue weighted by Gasteiger charge is -2.37. The standard InChI is InChI=1S/C22H34N4O3/c1-28-16-20(27)24-19-4-2-17(3-5-19)7-10-25-11-13-26(14-12-25)22-21-18(6-9-23-22)8-15-29-21/h6,9,17,19H,2-5,7-8,10-16H2,1H3,(H,24,27)/t17-,19-. The molecule has 1 saturated heterocycles. The van der Waals surface area contributed by atoms with E-state index in [9.17, 15) is 4.79 Å². The molecule has 1 aromatic rings. The van der Waals surface area contributed by atoms with Gasteiger partial charge in [0.25, 0.3) is 0 Å². The topological polar surface area (TPSA) is 66.9 Å². The fourth-order valence-electron chi connectivity index (χ4n) is 4.86. The van der Waals surface area contributed by atoms with Crippen LogP contribution < -0.4 is 15.0 Å². The maximum absolute atomic E-state index is 11.7. The van der Waals surface area contributed by atoms with Crippen LogP contribution in [0.25, 0.3) is 0 Å². The molecule has 1 aromatic heterocycles. The molecular weight excluding hydrogens is 368 g/mol. The largest absolute Gasteiger partial charge is 0.489 e. The maximum Gasteiger partial charge on any atom is 0.246 e. The Morgan fingerprint density at radius 1 is 1.24 bits per heavy atom. The van der Waals surface area contributed by atoms with Crippen molar-refractivity contribution in [1.82, 2.24) is 15.2 Å². The molecule has 2 fully saturated rings. The van der Waals surface area contributed by atoms with E-state index in [2.05, 4.69) is 26.2 Å². The normalized spacial score (nSPS) is 24.8. The van der Waals surface area contributed by atoms with Crippen molar-refractivity contribution in [3.8, 4) is 5.75 Å². The molecule has 160 valence electrons. The molecular formula is C22H34N4O3. The molecule has 0 atom stereocenters. The highest BCUT2D eigenvalue weighted by Crippen LogP contribution is 2.34. The molecule has 0 radical (unpaired) electrons. The van der Waals surface area contributed by atoms with Gasteiger partial charge in [-0.2, -0.15) is 0 Å². The number of carbonyl (C=O) groups excluding carboxylic acids is 1. The quantitative estimate of drug-likeness (QED) is 0.751. The molecule has 0 bridgehead atoms. The molecule has 0 unspecified atom stereocenters. The van der Waals surface area contributed by atoms with E-state index in [1.807, 2.05) is 6.20 Å². The van der Waals surface area contributed by atoms with Gasteiger partial charge in [0.1, 0.15) is 6.61 Å². The van der Waals surface area contributed by atoms with Crippen molar-refractivity contribution in [2.45, 2.75) is 44.6 Å². The van der Waals surface area contributed by atoms with E-state index >= 15 is 0 Å². The van der Waals surface area contributed by atoms with Crippen molar-refractivity contribution in [3.63, 3.8) is 0 Å². The Labute approximate surface area is 173 Å². The van der Waals surface area contributed by atoms with Gasteiger partial charge in [-0.25, -0.2) is 4.98 Å². The number of fused-ring (bicyclic) bond motifs is 1. The zero-order chi connectivity index (χ0) is 20.1. The second kappa shape index (κ2) is 9.76. The molecule has 0 aromatic carbocycles. The summed E-state index contributed by atoms with van der Waals surface area (Å²) in [6, 6.07) is 2.42. The van der Waals surface area contributed by atoms with E-state index in [0.717, 1.165) is 69.5 Å². The fraction of sp³-hybridized carbons (Fsp3) is 0.727. The molecule has 4 rings (SSSR count). The van der Waals surface area contributed by atoms with Crippen molar-refractivity contribution in [3.05, 3.63) is 17.8 Å². The molecule has 1 N–H and O–H groups in total. The average molecular weight is 403 g/mol. The highest BCUT2D eigenvalue weighted by atomic mass is 16.5.